The fraction of sp³-hybridized carbons (Fsp3) is 0.429. The molecule has 0 aromatic carbocycles. The number of aliphatic carboxylic acids is 1. The molecule has 3 heterocycles. The Balaban J connectivity index is 1.99. The fourth-order valence-corrected chi connectivity index (χ4v) is 2.79. The van der Waals surface area contributed by atoms with Gasteiger partial charge in [-0.2, -0.15) is 0 Å². The average molecular weight is 288 g/mol. The molecule has 3 rings (SSSR count). The zero-order valence-corrected chi connectivity index (χ0v) is 11.5. The number of hydrogen-bond acceptors (Lipinski definition) is 4. The van der Waals surface area contributed by atoms with Gasteiger partial charge in [0.25, 0.3) is 5.91 Å². The Hall–Kier alpha value is -2.44. The molecule has 7 heteroatoms. The molecular formula is C14H16N4O3. The number of carbonyl (C=O) groups is 2. The first-order valence-corrected chi connectivity index (χ1v) is 7.00. The number of carboxylic acids is 1. The predicted molar refractivity (Wildman–Crippen MR) is 74.8 cm³/mol. The largest absolute Gasteiger partial charge is 0.480 e. The maximum atomic E-state index is 12.7. The highest BCUT2D eigenvalue weighted by Gasteiger charge is 2.32. The van der Waals surface area contributed by atoms with Crippen LogP contribution in [0, 0.1) is 0 Å². The van der Waals surface area contributed by atoms with Crippen molar-refractivity contribution in [2.24, 2.45) is 0 Å². The summed E-state index contributed by atoms with van der Waals surface area (Å²) in [5.41, 5.74) is 0.837. The SMILES string of the molecule is O=C(O)[C@H]1CCCCCN1C(=O)c1ncnc2[nH]ccc12. The van der Waals surface area contributed by atoms with Gasteiger partial charge in [-0.15, -0.1) is 0 Å². The maximum Gasteiger partial charge on any atom is 0.326 e. The molecule has 1 fully saturated rings. The van der Waals surface area contributed by atoms with Gasteiger partial charge >= 0.3 is 5.97 Å². The molecule has 7 nitrogen and oxygen atoms in total. The minimum absolute atomic E-state index is 0.259. The molecule has 0 aliphatic carbocycles. The van der Waals surface area contributed by atoms with Gasteiger partial charge in [0.2, 0.25) is 0 Å². The second-order valence-corrected chi connectivity index (χ2v) is 5.16. The van der Waals surface area contributed by atoms with E-state index >= 15 is 0 Å². The smallest absolute Gasteiger partial charge is 0.326 e. The molecule has 0 bridgehead atoms. The van der Waals surface area contributed by atoms with Gasteiger partial charge in [0.1, 0.15) is 23.7 Å². The number of amides is 1. The van der Waals surface area contributed by atoms with Crippen molar-refractivity contribution in [1.82, 2.24) is 19.9 Å². The van der Waals surface area contributed by atoms with Crippen LogP contribution in [-0.4, -0.2) is 49.4 Å². The average Bonchev–Trinajstić information content (AvgIpc) is 2.81. The van der Waals surface area contributed by atoms with Crippen molar-refractivity contribution in [1.29, 1.82) is 0 Å². The minimum Gasteiger partial charge on any atom is -0.480 e. The molecule has 110 valence electrons. The summed E-state index contributed by atoms with van der Waals surface area (Å²) in [6.07, 6.45) is 6.08. The minimum atomic E-state index is -0.954. The number of hydrogen-bond donors (Lipinski definition) is 2. The number of H-pyrrole nitrogens is 1. The standard InChI is InChI=1S/C14H16N4O3/c19-13(11-9-5-6-15-12(9)17-8-16-11)18-7-3-1-2-4-10(18)14(20)21/h5-6,8,10H,1-4,7H2,(H,20,21)(H,15,16,17)/t10-/m1/s1. The van der Waals surface area contributed by atoms with E-state index in [2.05, 4.69) is 15.0 Å². The molecule has 2 aromatic heterocycles. The van der Waals surface area contributed by atoms with Gasteiger partial charge in [-0.3, -0.25) is 4.79 Å². The van der Waals surface area contributed by atoms with Gasteiger partial charge in [0.15, 0.2) is 0 Å². The first kappa shape index (κ1) is 13.5. The molecule has 0 unspecified atom stereocenters. The lowest BCUT2D eigenvalue weighted by atomic mass is 10.1. The molecule has 1 atom stereocenters. The van der Waals surface area contributed by atoms with Crippen LogP contribution in [0.1, 0.15) is 36.2 Å². The van der Waals surface area contributed by atoms with E-state index in [-0.39, 0.29) is 11.6 Å². The van der Waals surface area contributed by atoms with Gasteiger partial charge in [0.05, 0.1) is 5.39 Å². The summed E-state index contributed by atoms with van der Waals surface area (Å²) in [6, 6.07) is 0.958. The lowest BCUT2D eigenvalue weighted by Crippen LogP contribution is -2.45. The van der Waals surface area contributed by atoms with Gasteiger partial charge in [-0.25, -0.2) is 14.8 Å². The lowest BCUT2D eigenvalue weighted by Gasteiger charge is -2.26. The molecule has 2 aromatic rings. The van der Waals surface area contributed by atoms with Gasteiger partial charge in [-0.1, -0.05) is 12.8 Å². The highest BCUT2D eigenvalue weighted by molar-refractivity contribution is 6.04. The number of nitrogens with zero attached hydrogens (tertiary/aromatic N) is 3. The third-order valence-electron chi connectivity index (χ3n) is 3.86. The van der Waals surface area contributed by atoms with Crippen LogP contribution in [0.15, 0.2) is 18.6 Å². The number of fused-ring (bicyclic) bond motifs is 1. The number of carbonyl (C=O) groups excluding carboxylic acids is 1. The summed E-state index contributed by atoms with van der Waals surface area (Å²) in [5, 5.41) is 9.99. The van der Waals surface area contributed by atoms with Crippen molar-refractivity contribution in [3.05, 3.63) is 24.3 Å². The molecule has 1 aliphatic rings. The van der Waals surface area contributed by atoms with Gasteiger partial charge in [0, 0.05) is 12.7 Å². The maximum absolute atomic E-state index is 12.7. The van der Waals surface area contributed by atoms with E-state index in [1.807, 2.05) is 0 Å². The molecule has 21 heavy (non-hydrogen) atoms. The van der Waals surface area contributed by atoms with Crippen LogP contribution in [0.25, 0.3) is 11.0 Å². The third kappa shape index (κ3) is 2.46. The van der Waals surface area contributed by atoms with E-state index in [9.17, 15) is 14.7 Å². The van der Waals surface area contributed by atoms with E-state index in [0.717, 1.165) is 19.3 Å². The van der Waals surface area contributed by atoms with Crippen molar-refractivity contribution in [3.63, 3.8) is 0 Å². The molecule has 1 aliphatic heterocycles. The van der Waals surface area contributed by atoms with Crippen LogP contribution < -0.4 is 0 Å². The zero-order valence-electron chi connectivity index (χ0n) is 11.5. The van der Waals surface area contributed by atoms with Crippen LogP contribution in [-0.2, 0) is 4.79 Å². The molecule has 1 amide bonds. The molecule has 2 N–H and O–H groups in total. The Bertz CT molecular complexity index is 682. The van der Waals surface area contributed by atoms with Crippen LogP contribution >= 0.6 is 0 Å². The summed E-state index contributed by atoms with van der Waals surface area (Å²) in [5.74, 6) is -1.29. The molecular weight excluding hydrogens is 272 g/mol. The Morgan fingerprint density at radius 2 is 2.14 bits per heavy atom. The fourth-order valence-electron chi connectivity index (χ4n) is 2.79. The Kier molecular flexibility index (Phi) is 3.55. The molecule has 1 saturated heterocycles. The number of nitrogens with one attached hydrogen (secondary N) is 1. The molecule has 0 radical (unpaired) electrons. The molecule has 0 saturated carbocycles. The molecule has 0 spiro atoms. The van der Waals surface area contributed by atoms with Gasteiger partial charge < -0.3 is 15.0 Å². The van der Waals surface area contributed by atoms with E-state index in [1.54, 1.807) is 12.3 Å². The van der Waals surface area contributed by atoms with Crippen molar-refractivity contribution >= 4 is 22.9 Å². The predicted octanol–water partition coefficient (Wildman–Crippen LogP) is 1.43. The van der Waals surface area contributed by atoms with E-state index in [1.165, 1.54) is 11.2 Å². The number of rotatable bonds is 2. The summed E-state index contributed by atoms with van der Waals surface area (Å²) in [4.78, 5) is 36.6. The number of aromatic amines is 1. The zero-order chi connectivity index (χ0) is 14.8. The van der Waals surface area contributed by atoms with Crippen LogP contribution in [0.2, 0.25) is 0 Å². The highest BCUT2D eigenvalue weighted by atomic mass is 16.4. The first-order valence-electron chi connectivity index (χ1n) is 7.00. The van der Waals surface area contributed by atoms with Crippen molar-refractivity contribution < 1.29 is 14.7 Å². The Morgan fingerprint density at radius 1 is 1.29 bits per heavy atom. The normalized spacial score (nSPS) is 19.4. The van der Waals surface area contributed by atoms with Gasteiger partial charge in [-0.05, 0) is 18.9 Å². The van der Waals surface area contributed by atoms with Crippen molar-refractivity contribution in [2.75, 3.05) is 6.54 Å². The highest BCUT2D eigenvalue weighted by Crippen LogP contribution is 2.21. The second kappa shape index (κ2) is 5.51. The third-order valence-corrected chi connectivity index (χ3v) is 3.86. The van der Waals surface area contributed by atoms with E-state index in [4.69, 9.17) is 0 Å². The van der Waals surface area contributed by atoms with E-state index < -0.39 is 12.0 Å². The number of aromatic nitrogens is 3. The van der Waals surface area contributed by atoms with Crippen molar-refractivity contribution in [3.8, 4) is 0 Å². The summed E-state index contributed by atoms with van der Waals surface area (Å²) < 4.78 is 0. The summed E-state index contributed by atoms with van der Waals surface area (Å²) in [6.45, 7) is 0.450. The van der Waals surface area contributed by atoms with Crippen LogP contribution in [0.4, 0.5) is 0 Å². The van der Waals surface area contributed by atoms with E-state index in [0.29, 0.717) is 24.0 Å². The number of carboxylic acid groups (broad SMARTS) is 1. The topological polar surface area (TPSA) is 99.2 Å². The summed E-state index contributed by atoms with van der Waals surface area (Å²) in [7, 11) is 0. The number of likely N-dealkylation sites (tertiary alicyclic amines) is 1. The first-order chi connectivity index (χ1) is 10.2. The summed E-state index contributed by atoms with van der Waals surface area (Å²) >= 11 is 0. The monoisotopic (exact) mass is 288 g/mol. The Morgan fingerprint density at radius 3 is 2.95 bits per heavy atom. The van der Waals surface area contributed by atoms with Crippen LogP contribution in [0.5, 0.6) is 0 Å². The Labute approximate surface area is 121 Å². The van der Waals surface area contributed by atoms with Crippen molar-refractivity contribution in [2.45, 2.75) is 31.7 Å². The quantitative estimate of drug-likeness (QED) is 0.870. The second-order valence-electron chi connectivity index (χ2n) is 5.16. The lowest BCUT2D eigenvalue weighted by molar-refractivity contribution is -0.142. The van der Waals surface area contributed by atoms with Crippen LogP contribution in [0.3, 0.4) is 0 Å².